The summed E-state index contributed by atoms with van der Waals surface area (Å²) in [6, 6.07) is 11.3. The third kappa shape index (κ3) is 4.78. The Kier molecular flexibility index (Phi) is 7.18. The normalized spacial score (nSPS) is 15.7. The van der Waals surface area contributed by atoms with Crippen LogP contribution in [0.2, 0.25) is 5.02 Å². The number of benzene rings is 1. The van der Waals surface area contributed by atoms with Gasteiger partial charge >= 0.3 is 5.69 Å². The summed E-state index contributed by atoms with van der Waals surface area (Å²) in [5, 5.41) is 0.762. The van der Waals surface area contributed by atoms with Gasteiger partial charge in [-0.3, -0.25) is 9.78 Å². The maximum atomic E-state index is 14.8. The molecule has 1 fully saturated rings. The first-order valence-electron chi connectivity index (χ1n) is 12.7. The number of amides is 1. The zero-order valence-electron chi connectivity index (χ0n) is 21.9. The molecular formula is C29H28ClFN6O2. The lowest BCUT2D eigenvalue weighted by Gasteiger charge is -2.40. The van der Waals surface area contributed by atoms with Crippen LogP contribution in [0, 0.1) is 5.82 Å². The SMILES string of the molecule is C=CC(=O)N1CCN(c2nc(=O)n(-c3cccnc3C(C)C)c3nc(-c4ccccc4F)c(Cl)cc23)[C@@H](C)C1. The Balaban J connectivity index is 1.78. The zero-order valence-corrected chi connectivity index (χ0v) is 22.7. The number of anilines is 1. The molecule has 1 atom stereocenters. The quantitative estimate of drug-likeness (QED) is 0.328. The van der Waals surface area contributed by atoms with Gasteiger partial charge in [-0.15, -0.1) is 0 Å². The molecule has 0 N–H and O–H groups in total. The van der Waals surface area contributed by atoms with Gasteiger partial charge in [0.25, 0.3) is 0 Å². The van der Waals surface area contributed by atoms with Gasteiger partial charge in [-0.2, -0.15) is 4.98 Å². The van der Waals surface area contributed by atoms with Crippen molar-refractivity contribution in [1.82, 2.24) is 24.4 Å². The Hall–Kier alpha value is -4.11. The van der Waals surface area contributed by atoms with Gasteiger partial charge < -0.3 is 9.80 Å². The van der Waals surface area contributed by atoms with E-state index in [4.69, 9.17) is 16.6 Å². The minimum Gasteiger partial charge on any atom is -0.350 e. The summed E-state index contributed by atoms with van der Waals surface area (Å²) >= 11 is 6.72. The average molecular weight is 547 g/mol. The lowest BCUT2D eigenvalue weighted by molar-refractivity contribution is -0.126. The fourth-order valence-corrected chi connectivity index (χ4v) is 5.28. The Morgan fingerprint density at radius 2 is 1.95 bits per heavy atom. The van der Waals surface area contributed by atoms with E-state index in [-0.39, 0.29) is 34.1 Å². The molecule has 0 aliphatic carbocycles. The van der Waals surface area contributed by atoms with Crippen LogP contribution in [0.5, 0.6) is 0 Å². The summed E-state index contributed by atoms with van der Waals surface area (Å²) in [6.45, 7) is 10.8. The molecule has 4 heterocycles. The molecular weight excluding hydrogens is 519 g/mol. The summed E-state index contributed by atoms with van der Waals surface area (Å²) in [5.41, 5.74) is 1.44. The fraction of sp³-hybridized carbons (Fsp3) is 0.276. The molecule has 1 aromatic carbocycles. The monoisotopic (exact) mass is 546 g/mol. The second-order valence-corrected chi connectivity index (χ2v) is 10.2. The third-order valence-electron chi connectivity index (χ3n) is 6.92. The number of halogens is 2. The molecule has 0 unspecified atom stereocenters. The van der Waals surface area contributed by atoms with E-state index in [0.717, 1.165) is 0 Å². The van der Waals surface area contributed by atoms with E-state index < -0.39 is 11.5 Å². The molecule has 10 heteroatoms. The highest BCUT2D eigenvalue weighted by atomic mass is 35.5. The highest BCUT2D eigenvalue weighted by molar-refractivity contribution is 6.33. The molecule has 39 heavy (non-hydrogen) atoms. The van der Waals surface area contributed by atoms with Crippen LogP contribution in [0.25, 0.3) is 28.0 Å². The molecule has 8 nitrogen and oxygen atoms in total. The number of carbonyl (C=O) groups is 1. The van der Waals surface area contributed by atoms with Gasteiger partial charge in [-0.1, -0.05) is 44.2 Å². The predicted molar refractivity (Wildman–Crippen MR) is 151 cm³/mol. The van der Waals surface area contributed by atoms with E-state index in [1.165, 1.54) is 16.7 Å². The molecule has 1 aliphatic heterocycles. The first kappa shape index (κ1) is 26.5. The number of aromatic nitrogens is 4. The summed E-state index contributed by atoms with van der Waals surface area (Å²) in [6.07, 6.45) is 2.97. The Morgan fingerprint density at radius 1 is 1.18 bits per heavy atom. The number of hydrogen-bond donors (Lipinski definition) is 0. The molecule has 1 aliphatic rings. The van der Waals surface area contributed by atoms with Gasteiger partial charge in [0.1, 0.15) is 11.6 Å². The third-order valence-corrected chi connectivity index (χ3v) is 7.21. The van der Waals surface area contributed by atoms with Crippen LogP contribution in [0.15, 0.2) is 66.1 Å². The first-order valence-corrected chi connectivity index (χ1v) is 13.1. The van der Waals surface area contributed by atoms with Crippen molar-refractivity contribution in [2.24, 2.45) is 0 Å². The summed E-state index contributed by atoms with van der Waals surface area (Å²) in [5.74, 6) is -0.201. The second kappa shape index (κ2) is 10.6. The zero-order chi connectivity index (χ0) is 27.8. The predicted octanol–water partition coefficient (Wildman–Crippen LogP) is 4.98. The molecule has 0 bridgehead atoms. The van der Waals surface area contributed by atoms with Crippen LogP contribution in [0.1, 0.15) is 32.4 Å². The van der Waals surface area contributed by atoms with Gasteiger partial charge in [-0.05, 0) is 49.2 Å². The molecule has 200 valence electrons. The van der Waals surface area contributed by atoms with Gasteiger partial charge in [0.05, 0.1) is 27.5 Å². The molecule has 0 saturated carbocycles. The van der Waals surface area contributed by atoms with E-state index in [9.17, 15) is 14.0 Å². The largest absolute Gasteiger partial charge is 0.355 e. The van der Waals surface area contributed by atoms with Crippen molar-refractivity contribution in [2.75, 3.05) is 24.5 Å². The molecule has 5 rings (SSSR count). The van der Waals surface area contributed by atoms with Gasteiger partial charge in [-0.25, -0.2) is 18.7 Å². The summed E-state index contributed by atoms with van der Waals surface area (Å²) in [4.78, 5) is 43.5. The van der Waals surface area contributed by atoms with Crippen LogP contribution < -0.4 is 10.6 Å². The Labute approximate surface area is 230 Å². The number of piperazine rings is 1. The van der Waals surface area contributed by atoms with Crippen LogP contribution >= 0.6 is 11.6 Å². The fourth-order valence-electron chi connectivity index (χ4n) is 5.03. The molecule has 3 aromatic heterocycles. The van der Waals surface area contributed by atoms with E-state index in [1.54, 1.807) is 47.5 Å². The lowest BCUT2D eigenvalue weighted by atomic mass is 10.1. The number of pyridine rings is 2. The van der Waals surface area contributed by atoms with Crippen molar-refractivity contribution in [3.63, 3.8) is 0 Å². The maximum absolute atomic E-state index is 14.8. The number of nitrogens with zero attached hydrogens (tertiary/aromatic N) is 6. The molecule has 1 saturated heterocycles. The van der Waals surface area contributed by atoms with Gasteiger partial charge in [0, 0.05) is 37.4 Å². The van der Waals surface area contributed by atoms with E-state index in [2.05, 4.69) is 16.5 Å². The number of rotatable bonds is 5. The molecule has 0 radical (unpaired) electrons. The van der Waals surface area contributed by atoms with E-state index in [0.29, 0.717) is 47.9 Å². The second-order valence-electron chi connectivity index (χ2n) is 9.82. The first-order chi connectivity index (χ1) is 18.7. The van der Waals surface area contributed by atoms with Crippen molar-refractivity contribution in [1.29, 1.82) is 0 Å². The van der Waals surface area contributed by atoms with Crippen molar-refractivity contribution in [3.8, 4) is 16.9 Å². The molecule has 4 aromatic rings. The van der Waals surface area contributed by atoms with E-state index >= 15 is 0 Å². The number of fused-ring (bicyclic) bond motifs is 1. The lowest BCUT2D eigenvalue weighted by Crippen LogP contribution is -2.54. The van der Waals surface area contributed by atoms with Crippen LogP contribution in [-0.2, 0) is 4.79 Å². The smallest absolute Gasteiger partial charge is 0.350 e. The highest BCUT2D eigenvalue weighted by Crippen LogP contribution is 2.35. The summed E-state index contributed by atoms with van der Waals surface area (Å²) in [7, 11) is 0. The van der Waals surface area contributed by atoms with Crippen molar-refractivity contribution in [2.45, 2.75) is 32.7 Å². The topological polar surface area (TPSA) is 84.2 Å². The Bertz CT molecular complexity index is 1650. The van der Waals surface area contributed by atoms with Crippen molar-refractivity contribution < 1.29 is 9.18 Å². The summed E-state index contributed by atoms with van der Waals surface area (Å²) < 4.78 is 16.3. The number of hydrogen-bond acceptors (Lipinski definition) is 6. The van der Waals surface area contributed by atoms with Crippen molar-refractivity contribution in [3.05, 3.63) is 88.3 Å². The number of carbonyl (C=O) groups excluding carboxylic acids is 1. The van der Waals surface area contributed by atoms with Crippen LogP contribution in [-0.4, -0.2) is 56.0 Å². The van der Waals surface area contributed by atoms with Crippen molar-refractivity contribution >= 4 is 34.4 Å². The minimum absolute atomic E-state index is 0.0108. The maximum Gasteiger partial charge on any atom is 0.355 e. The average Bonchev–Trinajstić information content (AvgIpc) is 2.92. The molecule has 0 spiro atoms. The van der Waals surface area contributed by atoms with Gasteiger partial charge in [0.15, 0.2) is 5.65 Å². The van der Waals surface area contributed by atoms with Crippen LogP contribution in [0.4, 0.5) is 10.2 Å². The standard InChI is InChI=1S/C29H28ClFN6O2/c1-5-24(38)35-13-14-36(18(4)16-35)27-20-15-21(30)26(19-9-6-7-10-22(19)31)33-28(20)37(29(39)34-27)23-11-8-12-32-25(23)17(2)3/h5-12,15,17-18H,1,13-14,16H2,2-4H3/t18-/m0/s1. The minimum atomic E-state index is -0.543. The highest BCUT2D eigenvalue weighted by Gasteiger charge is 2.30. The van der Waals surface area contributed by atoms with Crippen LogP contribution in [0.3, 0.4) is 0 Å². The molecule has 1 amide bonds. The Morgan fingerprint density at radius 3 is 2.64 bits per heavy atom. The van der Waals surface area contributed by atoms with E-state index in [1.807, 2.05) is 25.7 Å². The van der Waals surface area contributed by atoms with Gasteiger partial charge in [0.2, 0.25) is 5.91 Å².